The van der Waals surface area contributed by atoms with E-state index < -0.39 is 0 Å². The number of nitriles is 6. The van der Waals surface area contributed by atoms with Crippen LogP contribution in [0, 0.1) is 68.0 Å². The smallest absolute Gasteiger partial charge is 0.193 e. The van der Waals surface area contributed by atoms with Crippen LogP contribution in [0.3, 0.4) is 0 Å². The lowest BCUT2D eigenvalue weighted by atomic mass is 9.93. The van der Waals surface area contributed by atoms with E-state index in [-0.39, 0.29) is 156 Å². The molecule has 0 spiro atoms. The summed E-state index contributed by atoms with van der Waals surface area (Å²) >= 11 is 0. The van der Waals surface area contributed by atoms with Crippen molar-refractivity contribution in [2.45, 2.75) is 19.3 Å². The van der Waals surface area contributed by atoms with E-state index in [0.717, 1.165) is 33.4 Å². The first-order valence-corrected chi connectivity index (χ1v) is 20.6. The molecule has 0 unspecified atom stereocenters. The van der Waals surface area contributed by atoms with Gasteiger partial charge in [0, 0.05) is 0 Å². The highest BCUT2D eigenvalue weighted by Gasteiger charge is 2.38. The zero-order chi connectivity index (χ0) is 48.4. The van der Waals surface area contributed by atoms with Crippen LogP contribution in [-0.4, -0.2) is 42.7 Å². The molecule has 0 bridgehead atoms. The fourth-order valence-electron chi connectivity index (χ4n) is 9.02. The molecule has 69 heavy (non-hydrogen) atoms. The van der Waals surface area contributed by atoms with Crippen molar-refractivity contribution in [1.29, 1.82) is 31.6 Å². The summed E-state index contributed by atoms with van der Waals surface area (Å²) in [5.74, 6) is 1.28. The van der Waals surface area contributed by atoms with E-state index in [1.54, 1.807) is 36.4 Å². The van der Waals surface area contributed by atoms with Crippen molar-refractivity contribution in [2.75, 3.05) is 42.7 Å². The second-order valence-corrected chi connectivity index (χ2v) is 15.4. The van der Waals surface area contributed by atoms with Gasteiger partial charge in [-0.3, -0.25) is 0 Å². The lowest BCUT2D eigenvalue weighted by molar-refractivity contribution is 0.328. The summed E-state index contributed by atoms with van der Waals surface area (Å²) in [5.41, 5.74) is 4.26. The molecule has 3 aliphatic heterocycles. The van der Waals surface area contributed by atoms with Crippen molar-refractivity contribution in [3.05, 3.63) is 103 Å². The number of benzene rings is 6. The second kappa shape index (κ2) is 16.4. The first-order chi connectivity index (χ1) is 33.6. The molecule has 3 heterocycles. The van der Waals surface area contributed by atoms with E-state index in [1.165, 1.54) is 42.7 Å². The van der Waals surface area contributed by atoms with Gasteiger partial charge < -0.3 is 56.8 Å². The lowest BCUT2D eigenvalue weighted by Crippen LogP contribution is -2.09. The van der Waals surface area contributed by atoms with Gasteiger partial charge in [-0.2, -0.15) is 31.6 Å². The number of nitrogens with zero attached hydrogens (tertiary/aromatic N) is 6. The van der Waals surface area contributed by atoms with Crippen LogP contribution in [-0.2, 0) is 19.3 Å². The summed E-state index contributed by atoms with van der Waals surface area (Å²) in [5, 5.41) is 61.9. The predicted octanol–water partition coefficient (Wildman–Crippen LogP) is 9.75. The zero-order valence-electron chi connectivity index (χ0n) is 37.2. The van der Waals surface area contributed by atoms with Crippen LogP contribution in [0.1, 0.15) is 66.8 Å². The normalized spacial score (nSPS) is 12.3. The minimum Gasteiger partial charge on any atom is -0.491 e. The molecule has 10 rings (SSSR count). The number of fused-ring (bicyclic) bond motifs is 9. The standard InChI is InChI=1S/C51H30N6O12/c1-58-40-28(16-52)46-47(29(17-53)41(40)59-2)65-35-11-23-8-25-13-37-39(69-51-33(21-57)45(63-6)44(62-5)32(20-56)50(51)67-37)15-27(25)9-26-14-38-36(12-24(26)7-22(23)10-34(35)64-46)66-48-30(18-54)42(60-3)43(61-4)31(19-55)49(48)68-38/h10-15H,7-9H2,1-6H3. The van der Waals surface area contributed by atoms with Crippen LogP contribution >= 0.6 is 0 Å². The lowest BCUT2D eigenvalue weighted by Gasteiger charge is -2.27. The van der Waals surface area contributed by atoms with E-state index in [2.05, 4.69) is 36.4 Å². The molecule has 0 saturated heterocycles. The summed E-state index contributed by atoms with van der Waals surface area (Å²) in [6, 6.07) is 23.3. The van der Waals surface area contributed by atoms with Crippen molar-refractivity contribution in [1.82, 2.24) is 0 Å². The SMILES string of the molecule is COc1c(C#N)c2c(c(C#N)c1OC)Oc1cc3c(cc1O2)Cc1cc2c(cc1Cc1cc4c(cc1C3)Oc1c(C#N)c(OC)c(OC)c(C#N)c1O4)Oc1c(C#N)c(OC)c(OC)c(C#N)c1O2. The summed E-state index contributed by atoms with van der Waals surface area (Å²) in [7, 11) is 8.09. The third-order valence-corrected chi connectivity index (χ3v) is 12.1. The molecule has 1 aliphatic carbocycles. The molecule has 4 aliphatic rings. The van der Waals surface area contributed by atoms with E-state index in [0.29, 0.717) is 0 Å². The molecule has 0 N–H and O–H groups in total. The van der Waals surface area contributed by atoms with Crippen LogP contribution in [0.5, 0.6) is 103 Å². The molecule has 0 atom stereocenters. The number of methoxy groups -OCH3 is 6. The second-order valence-electron chi connectivity index (χ2n) is 15.4. The first kappa shape index (κ1) is 42.8. The average molecular weight is 919 g/mol. The Morgan fingerprint density at radius 2 is 0.435 bits per heavy atom. The summed E-state index contributed by atoms with van der Waals surface area (Å²) < 4.78 is 71.8. The molecule has 18 nitrogen and oxygen atoms in total. The highest BCUT2D eigenvalue weighted by molar-refractivity contribution is 5.79. The third kappa shape index (κ3) is 6.26. The molecule has 0 amide bonds. The minimum atomic E-state index is -0.0440. The van der Waals surface area contributed by atoms with Gasteiger partial charge in [0.25, 0.3) is 0 Å². The number of hydrogen-bond donors (Lipinski definition) is 0. The van der Waals surface area contributed by atoms with Crippen LogP contribution in [0.25, 0.3) is 0 Å². The van der Waals surface area contributed by atoms with Gasteiger partial charge >= 0.3 is 0 Å². The topological polar surface area (TPSA) is 253 Å². The van der Waals surface area contributed by atoms with E-state index in [4.69, 9.17) is 56.8 Å². The van der Waals surface area contributed by atoms with Gasteiger partial charge in [0.15, 0.2) is 103 Å². The van der Waals surface area contributed by atoms with E-state index in [1.807, 2.05) is 0 Å². The van der Waals surface area contributed by atoms with Crippen molar-refractivity contribution in [3.63, 3.8) is 0 Å². The summed E-state index contributed by atoms with van der Waals surface area (Å²) in [6.07, 6.45) is 0.796. The Morgan fingerprint density at radius 1 is 0.290 bits per heavy atom. The fourth-order valence-corrected chi connectivity index (χ4v) is 9.02. The molecular weight excluding hydrogens is 889 g/mol. The summed E-state index contributed by atoms with van der Waals surface area (Å²) in [4.78, 5) is 0. The van der Waals surface area contributed by atoms with Crippen LogP contribution in [0.4, 0.5) is 0 Å². The maximum Gasteiger partial charge on any atom is 0.193 e. The fraction of sp³-hybridized carbons (Fsp3) is 0.176. The number of ether oxygens (including phenoxy) is 12. The van der Waals surface area contributed by atoms with Gasteiger partial charge in [-0.1, -0.05) is 0 Å². The van der Waals surface area contributed by atoms with Gasteiger partial charge in [-0.25, -0.2) is 0 Å². The van der Waals surface area contributed by atoms with Gasteiger partial charge in [0.05, 0.1) is 42.7 Å². The predicted molar refractivity (Wildman–Crippen MR) is 235 cm³/mol. The Hall–Kier alpha value is -10.1. The molecule has 6 aromatic carbocycles. The zero-order valence-corrected chi connectivity index (χ0v) is 37.2. The van der Waals surface area contributed by atoms with Crippen molar-refractivity contribution in [3.8, 4) is 140 Å². The quantitative estimate of drug-likeness (QED) is 0.150. The van der Waals surface area contributed by atoms with Crippen LogP contribution in [0.2, 0.25) is 0 Å². The van der Waals surface area contributed by atoms with Crippen molar-refractivity contribution in [2.24, 2.45) is 0 Å². The highest BCUT2D eigenvalue weighted by atomic mass is 16.6. The van der Waals surface area contributed by atoms with E-state index >= 15 is 0 Å². The first-order valence-electron chi connectivity index (χ1n) is 20.6. The Bertz CT molecular complexity index is 3000. The molecule has 6 aromatic rings. The van der Waals surface area contributed by atoms with Gasteiger partial charge in [0.2, 0.25) is 0 Å². The largest absolute Gasteiger partial charge is 0.491 e. The molecule has 0 radical (unpaired) electrons. The average Bonchev–Trinajstić information content (AvgIpc) is 3.42. The van der Waals surface area contributed by atoms with Crippen LogP contribution in [0.15, 0.2) is 36.4 Å². The maximum atomic E-state index is 10.3. The minimum absolute atomic E-state index is 0.00201. The van der Waals surface area contributed by atoms with Gasteiger partial charge in [-0.05, 0) is 89.0 Å². The maximum absolute atomic E-state index is 10.3. The highest BCUT2D eigenvalue weighted by Crippen LogP contribution is 2.59. The monoisotopic (exact) mass is 918 g/mol. The van der Waals surface area contributed by atoms with Gasteiger partial charge in [0.1, 0.15) is 69.8 Å². The summed E-state index contributed by atoms with van der Waals surface area (Å²) in [6.45, 7) is 0. The molecular formula is C51H30N6O12. The Labute approximate surface area is 392 Å². The van der Waals surface area contributed by atoms with Gasteiger partial charge in [-0.15, -0.1) is 0 Å². The number of hydrogen-bond acceptors (Lipinski definition) is 18. The molecule has 0 fully saturated rings. The van der Waals surface area contributed by atoms with Crippen LogP contribution < -0.4 is 56.8 Å². The van der Waals surface area contributed by atoms with Crippen molar-refractivity contribution < 1.29 is 56.8 Å². The van der Waals surface area contributed by atoms with E-state index in [9.17, 15) is 31.6 Å². The molecule has 336 valence electrons. The Balaban J connectivity index is 1.17. The Morgan fingerprint density at radius 3 is 0.551 bits per heavy atom. The molecule has 0 saturated carbocycles. The molecule has 0 aromatic heterocycles. The third-order valence-electron chi connectivity index (χ3n) is 12.1. The number of rotatable bonds is 6. The van der Waals surface area contributed by atoms with Crippen molar-refractivity contribution >= 4 is 0 Å². The Kier molecular flexibility index (Phi) is 10.2. The molecule has 18 heteroatoms.